The molecule has 0 radical (unpaired) electrons. The van der Waals surface area contributed by atoms with Crippen LogP contribution in [0, 0.1) is 5.92 Å². The molecule has 0 rings (SSSR count). The lowest BCUT2D eigenvalue weighted by Gasteiger charge is -2.27. The molecule has 86 valence electrons. The van der Waals surface area contributed by atoms with Gasteiger partial charge in [-0.3, -0.25) is 0 Å². The van der Waals surface area contributed by atoms with Crippen LogP contribution in [0.3, 0.4) is 0 Å². The van der Waals surface area contributed by atoms with Crippen molar-refractivity contribution in [2.24, 2.45) is 5.92 Å². The van der Waals surface area contributed by atoms with Crippen LogP contribution in [-0.4, -0.2) is 25.3 Å². The number of rotatable bonds is 7. The van der Waals surface area contributed by atoms with Gasteiger partial charge in [-0.2, -0.15) is 0 Å². The molecule has 0 aliphatic carbocycles. The van der Waals surface area contributed by atoms with Gasteiger partial charge in [-0.05, 0) is 46.1 Å². The standard InChI is InChI=1S/C12H27NO/c1-10(2)7-8-13-11(3)9-12(4,5)14-6/h10-11,13H,7-9H2,1-6H3/t11-/m1/s1. The second-order valence-corrected chi connectivity index (χ2v) is 5.21. The monoisotopic (exact) mass is 201 g/mol. The highest BCUT2D eigenvalue weighted by Crippen LogP contribution is 2.15. The molecule has 2 nitrogen and oxygen atoms in total. The van der Waals surface area contributed by atoms with Gasteiger partial charge in [0.2, 0.25) is 0 Å². The van der Waals surface area contributed by atoms with Gasteiger partial charge >= 0.3 is 0 Å². The largest absolute Gasteiger partial charge is 0.379 e. The highest BCUT2D eigenvalue weighted by molar-refractivity contribution is 4.75. The van der Waals surface area contributed by atoms with E-state index in [0.29, 0.717) is 6.04 Å². The van der Waals surface area contributed by atoms with Gasteiger partial charge < -0.3 is 10.1 Å². The molecule has 0 amide bonds. The van der Waals surface area contributed by atoms with Gasteiger partial charge in [0.1, 0.15) is 0 Å². The van der Waals surface area contributed by atoms with Crippen molar-refractivity contribution in [3.05, 3.63) is 0 Å². The lowest BCUT2D eigenvalue weighted by Crippen LogP contribution is -2.36. The molecule has 0 unspecified atom stereocenters. The zero-order valence-electron chi connectivity index (χ0n) is 10.7. The number of methoxy groups -OCH3 is 1. The molecule has 2 heteroatoms. The van der Waals surface area contributed by atoms with Gasteiger partial charge in [-0.1, -0.05) is 13.8 Å². The molecule has 1 N–H and O–H groups in total. The van der Waals surface area contributed by atoms with E-state index in [1.165, 1.54) is 6.42 Å². The first-order valence-corrected chi connectivity index (χ1v) is 5.66. The predicted molar refractivity (Wildman–Crippen MR) is 62.6 cm³/mol. The minimum absolute atomic E-state index is 0.00968. The smallest absolute Gasteiger partial charge is 0.0637 e. The topological polar surface area (TPSA) is 21.3 Å². The summed E-state index contributed by atoms with van der Waals surface area (Å²) < 4.78 is 5.40. The van der Waals surface area contributed by atoms with Gasteiger partial charge in [-0.15, -0.1) is 0 Å². The molecule has 0 bridgehead atoms. The minimum Gasteiger partial charge on any atom is -0.379 e. The average molecular weight is 201 g/mol. The maximum absolute atomic E-state index is 5.40. The van der Waals surface area contributed by atoms with Crippen molar-refractivity contribution in [3.63, 3.8) is 0 Å². The van der Waals surface area contributed by atoms with Crippen LogP contribution in [0.1, 0.15) is 47.5 Å². The van der Waals surface area contributed by atoms with Crippen molar-refractivity contribution >= 4 is 0 Å². The molecule has 0 aromatic heterocycles. The van der Waals surface area contributed by atoms with E-state index in [1.807, 2.05) is 0 Å². The second kappa shape index (κ2) is 6.41. The van der Waals surface area contributed by atoms with E-state index < -0.39 is 0 Å². The molecule has 0 heterocycles. The Balaban J connectivity index is 3.60. The average Bonchev–Trinajstić information content (AvgIpc) is 2.02. The molecular formula is C12H27NO. The Labute approximate surface area is 89.4 Å². The molecule has 0 aromatic rings. The van der Waals surface area contributed by atoms with Crippen molar-refractivity contribution in [2.45, 2.75) is 59.1 Å². The van der Waals surface area contributed by atoms with Crippen LogP contribution in [0.4, 0.5) is 0 Å². The van der Waals surface area contributed by atoms with E-state index in [-0.39, 0.29) is 5.60 Å². The SMILES string of the molecule is COC(C)(C)C[C@@H](C)NCCC(C)C. The van der Waals surface area contributed by atoms with Crippen molar-refractivity contribution in [1.29, 1.82) is 0 Å². The van der Waals surface area contributed by atoms with Gasteiger partial charge in [0.05, 0.1) is 5.60 Å². The zero-order valence-corrected chi connectivity index (χ0v) is 10.7. The fraction of sp³-hybridized carbons (Fsp3) is 1.00. The summed E-state index contributed by atoms with van der Waals surface area (Å²) in [6.07, 6.45) is 2.30. The van der Waals surface area contributed by atoms with E-state index in [0.717, 1.165) is 18.9 Å². The summed E-state index contributed by atoms with van der Waals surface area (Å²) in [4.78, 5) is 0. The number of hydrogen-bond donors (Lipinski definition) is 1. The summed E-state index contributed by atoms with van der Waals surface area (Å²) >= 11 is 0. The van der Waals surface area contributed by atoms with Gasteiger partial charge in [0.25, 0.3) is 0 Å². The molecule has 0 saturated carbocycles. The maximum Gasteiger partial charge on any atom is 0.0637 e. The summed E-state index contributed by atoms with van der Waals surface area (Å²) in [5, 5.41) is 3.52. The molecule has 0 aromatic carbocycles. The number of hydrogen-bond acceptors (Lipinski definition) is 2. The Morgan fingerprint density at radius 3 is 2.21 bits per heavy atom. The van der Waals surface area contributed by atoms with Crippen LogP contribution in [0.15, 0.2) is 0 Å². The lowest BCUT2D eigenvalue weighted by atomic mass is 9.99. The summed E-state index contributed by atoms with van der Waals surface area (Å²) in [6.45, 7) is 12.1. The minimum atomic E-state index is -0.00968. The van der Waals surface area contributed by atoms with Gasteiger partial charge in [0, 0.05) is 13.2 Å². The Morgan fingerprint density at radius 1 is 1.21 bits per heavy atom. The Kier molecular flexibility index (Phi) is 6.38. The van der Waals surface area contributed by atoms with Crippen LogP contribution >= 0.6 is 0 Å². The Bertz CT molecular complexity index is 143. The molecule has 0 saturated heterocycles. The number of nitrogens with one attached hydrogen (secondary N) is 1. The summed E-state index contributed by atoms with van der Waals surface area (Å²) in [7, 11) is 1.78. The fourth-order valence-electron chi connectivity index (χ4n) is 1.51. The quantitative estimate of drug-likeness (QED) is 0.684. The van der Waals surface area contributed by atoms with Crippen LogP contribution in [0.2, 0.25) is 0 Å². The van der Waals surface area contributed by atoms with E-state index in [4.69, 9.17) is 4.74 Å². The summed E-state index contributed by atoms with van der Waals surface area (Å²) in [5.41, 5.74) is -0.00968. The van der Waals surface area contributed by atoms with Gasteiger partial charge in [-0.25, -0.2) is 0 Å². The van der Waals surface area contributed by atoms with Crippen LogP contribution < -0.4 is 5.32 Å². The zero-order chi connectivity index (χ0) is 11.2. The molecule has 0 fully saturated rings. The molecule has 0 aliphatic rings. The number of ether oxygens (including phenoxy) is 1. The normalized spacial score (nSPS) is 14.8. The molecule has 0 spiro atoms. The lowest BCUT2D eigenvalue weighted by molar-refractivity contribution is 0.00855. The van der Waals surface area contributed by atoms with Crippen molar-refractivity contribution < 1.29 is 4.74 Å². The van der Waals surface area contributed by atoms with E-state index >= 15 is 0 Å². The first-order valence-electron chi connectivity index (χ1n) is 5.66. The van der Waals surface area contributed by atoms with E-state index in [2.05, 4.69) is 39.9 Å². The molecule has 14 heavy (non-hydrogen) atoms. The summed E-state index contributed by atoms with van der Waals surface area (Å²) in [6, 6.07) is 0.531. The van der Waals surface area contributed by atoms with Crippen LogP contribution in [0.25, 0.3) is 0 Å². The molecule has 0 aliphatic heterocycles. The molecule has 1 atom stereocenters. The fourth-order valence-corrected chi connectivity index (χ4v) is 1.51. The molecular weight excluding hydrogens is 174 g/mol. The second-order valence-electron chi connectivity index (χ2n) is 5.21. The van der Waals surface area contributed by atoms with Crippen LogP contribution in [0.5, 0.6) is 0 Å². The third-order valence-electron chi connectivity index (χ3n) is 2.56. The van der Waals surface area contributed by atoms with Crippen molar-refractivity contribution in [2.75, 3.05) is 13.7 Å². The maximum atomic E-state index is 5.40. The Hall–Kier alpha value is -0.0800. The van der Waals surface area contributed by atoms with E-state index in [1.54, 1.807) is 7.11 Å². The highest BCUT2D eigenvalue weighted by Gasteiger charge is 2.19. The first kappa shape index (κ1) is 13.9. The van der Waals surface area contributed by atoms with E-state index in [9.17, 15) is 0 Å². The summed E-state index contributed by atoms with van der Waals surface area (Å²) in [5.74, 6) is 0.783. The van der Waals surface area contributed by atoms with Crippen molar-refractivity contribution in [1.82, 2.24) is 5.32 Å². The third kappa shape index (κ3) is 7.34. The van der Waals surface area contributed by atoms with Crippen LogP contribution in [-0.2, 0) is 4.74 Å². The van der Waals surface area contributed by atoms with Crippen molar-refractivity contribution in [3.8, 4) is 0 Å². The first-order chi connectivity index (χ1) is 6.37. The predicted octanol–water partition coefficient (Wildman–Crippen LogP) is 2.83. The van der Waals surface area contributed by atoms with Gasteiger partial charge in [0.15, 0.2) is 0 Å². The highest BCUT2D eigenvalue weighted by atomic mass is 16.5. The Morgan fingerprint density at radius 2 is 1.79 bits per heavy atom. The third-order valence-corrected chi connectivity index (χ3v) is 2.56.